The van der Waals surface area contributed by atoms with Gasteiger partial charge in [0.15, 0.2) is 5.69 Å². The van der Waals surface area contributed by atoms with E-state index in [4.69, 9.17) is 5.73 Å². The molecule has 11 heteroatoms. The maximum absolute atomic E-state index is 14.0. The van der Waals surface area contributed by atoms with Crippen molar-refractivity contribution in [1.82, 2.24) is 14.7 Å². The number of hydrogen-bond acceptors (Lipinski definition) is 5. The first-order valence-electron chi connectivity index (χ1n) is 11.7. The fourth-order valence-electron chi connectivity index (χ4n) is 5.18. The van der Waals surface area contributed by atoms with Crippen LogP contribution in [0.1, 0.15) is 78.6 Å². The zero-order valence-electron chi connectivity index (χ0n) is 19.9. The predicted octanol–water partition coefficient (Wildman–Crippen LogP) is 3.50. The van der Waals surface area contributed by atoms with Crippen molar-refractivity contribution in [2.45, 2.75) is 76.7 Å². The molecule has 1 saturated carbocycles. The number of fused-ring (bicyclic) bond motifs is 1. The topological polar surface area (TPSA) is 113 Å². The molecule has 0 spiro atoms. The third-order valence-corrected chi connectivity index (χ3v) is 6.93. The Kier molecular flexibility index (Phi) is 6.33. The Bertz CT molecular complexity index is 1150. The van der Waals surface area contributed by atoms with Crippen LogP contribution in [0.4, 0.5) is 18.9 Å². The lowest BCUT2D eigenvalue weighted by Crippen LogP contribution is -2.53. The van der Waals surface area contributed by atoms with Crippen molar-refractivity contribution in [2.24, 2.45) is 5.73 Å². The standard InChI is InChI=1S/C24H30F3N5O3/c1-4-31-22(35)19-18(12-23(31,2)3)32(30-20(19)24(25,26)27)14-7-10-16(21(28)34)17(11-14)29-13-5-8-15(33)9-6-13/h7,10-11,13,15,29,33H,4-6,8-9,12H2,1-3H3,(H2,28,34). The van der Waals surface area contributed by atoms with Gasteiger partial charge in [0.2, 0.25) is 0 Å². The van der Waals surface area contributed by atoms with E-state index < -0.39 is 34.8 Å². The number of carbonyl (C=O) groups excluding carboxylic acids is 2. The number of halogens is 3. The number of rotatable bonds is 5. The van der Waals surface area contributed by atoms with Gasteiger partial charge in [-0.25, -0.2) is 4.68 Å². The number of primary amides is 1. The number of aliphatic hydroxyl groups excluding tert-OH is 1. The van der Waals surface area contributed by atoms with Gasteiger partial charge in [0.05, 0.1) is 28.6 Å². The van der Waals surface area contributed by atoms with E-state index in [2.05, 4.69) is 10.4 Å². The van der Waals surface area contributed by atoms with Crippen molar-refractivity contribution in [3.05, 3.63) is 40.7 Å². The molecule has 2 amide bonds. The molecule has 8 nitrogen and oxygen atoms in total. The maximum Gasteiger partial charge on any atom is 0.435 e. The third kappa shape index (κ3) is 4.61. The van der Waals surface area contributed by atoms with Crippen molar-refractivity contribution in [2.75, 3.05) is 11.9 Å². The van der Waals surface area contributed by atoms with Crippen LogP contribution in [0.2, 0.25) is 0 Å². The highest BCUT2D eigenvalue weighted by Gasteiger charge is 2.48. The number of benzene rings is 1. The third-order valence-electron chi connectivity index (χ3n) is 6.93. The molecule has 0 unspecified atom stereocenters. The molecule has 1 aromatic carbocycles. The van der Waals surface area contributed by atoms with Gasteiger partial charge in [0.1, 0.15) is 0 Å². The van der Waals surface area contributed by atoms with E-state index in [0.29, 0.717) is 31.4 Å². The van der Waals surface area contributed by atoms with Gasteiger partial charge in [-0.1, -0.05) is 0 Å². The number of aliphatic hydroxyl groups is 1. The molecule has 0 bridgehead atoms. The number of nitrogens with one attached hydrogen (secondary N) is 1. The molecule has 0 atom stereocenters. The zero-order chi connectivity index (χ0) is 25.7. The van der Waals surface area contributed by atoms with E-state index in [9.17, 15) is 27.9 Å². The van der Waals surface area contributed by atoms with Gasteiger partial charge in [0.25, 0.3) is 11.8 Å². The van der Waals surface area contributed by atoms with Crippen molar-refractivity contribution < 1.29 is 27.9 Å². The van der Waals surface area contributed by atoms with Crippen LogP contribution in [-0.4, -0.2) is 55.8 Å². The molecule has 1 aliphatic heterocycles. The maximum atomic E-state index is 14.0. The van der Waals surface area contributed by atoms with Crippen molar-refractivity contribution in [3.63, 3.8) is 0 Å². The second kappa shape index (κ2) is 8.85. The number of hydrogen-bond donors (Lipinski definition) is 3. The first-order valence-corrected chi connectivity index (χ1v) is 11.7. The molecule has 4 rings (SSSR count). The van der Waals surface area contributed by atoms with Gasteiger partial charge in [-0.2, -0.15) is 18.3 Å². The molecule has 0 radical (unpaired) electrons. The van der Waals surface area contributed by atoms with Crippen LogP contribution < -0.4 is 11.1 Å². The first kappa shape index (κ1) is 25.0. The second-order valence-electron chi connectivity index (χ2n) is 9.86. The number of amides is 2. The van der Waals surface area contributed by atoms with Crippen LogP contribution in [0.15, 0.2) is 18.2 Å². The molecule has 35 heavy (non-hydrogen) atoms. The molecule has 4 N–H and O–H groups in total. The molecule has 2 heterocycles. The van der Waals surface area contributed by atoms with E-state index in [1.54, 1.807) is 13.0 Å². The number of likely N-dealkylation sites (N-methyl/N-ethyl adjacent to an activating group) is 1. The van der Waals surface area contributed by atoms with Crippen LogP contribution >= 0.6 is 0 Å². The lowest BCUT2D eigenvalue weighted by atomic mass is 9.88. The number of aromatic nitrogens is 2. The summed E-state index contributed by atoms with van der Waals surface area (Å²) in [4.78, 5) is 26.6. The summed E-state index contributed by atoms with van der Waals surface area (Å²) in [6, 6.07) is 4.45. The number of nitrogens with zero attached hydrogens (tertiary/aromatic N) is 3. The summed E-state index contributed by atoms with van der Waals surface area (Å²) >= 11 is 0. The number of anilines is 1. The normalized spacial score (nSPS) is 22.1. The van der Waals surface area contributed by atoms with E-state index in [0.717, 1.165) is 4.68 Å². The quantitative estimate of drug-likeness (QED) is 0.590. The van der Waals surface area contributed by atoms with Crippen LogP contribution in [0.3, 0.4) is 0 Å². The minimum atomic E-state index is -4.82. The highest BCUT2D eigenvalue weighted by atomic mass is 19.4. The van der Waals surface area contributed by atoms with Gasteiger partial charge in [-0.15, -0.1) is 0 Å². The van der Waals surface area contributed by atoms with Crippen molar-refractivity contribution in [1.29, 1.82) is 0 Å². The molecule has 1 aromatic heterocycles. The van der Waals surface area contributed by atoms with Crippen LogP contribution in [0, 0.1) is 0 Å². The Hall–Kier alpha value is -3.08. The summed E-state index contributed by atoms with van der Waals surface area (Å²) < 4.78 is 43.0. The Balaban J connectivity index is 1.83. The average Bonchev–Trinajstić information content (AvgIpc) is 3.14. The summed E-state index contributed by atoms with van der Waals surface area (Å²) in [6.45, 7) is 5.61. The van der Waals surface area contributed by atoms with Gasteiger partial charge >= 0.3 is 6.18 Å². The average molecular weight is 494 g/mol. The van der Waals surface area contributed by atoms with E-state index in [1.165, 1.54) is 17.0 Å². The number of nitrogens with two attached hydrogens (primary N) is 1. The largest absolute Gasteiger partial charge is 0.435 e. The molecular formula is C24H30F3N5O3. The Labute approximate surface area is 201 Å². The first-order chi connectivity index (χ1) is 16.3. The monoisotopic (exact) mass is 493 g/mol. The van der Waals surface area contributed by atoms with Gasteiger partial charge in [0, 0.05) is 30.2 Å². The zero-order valence-corrected chi connectivity index (χ0v) is 19.9. The van der Waals surface area contributed by atoms with E-state index in [-0.39, 0.29) is 42.1 Å². The highest BCUT2D eigenvalue weighted by molar-refractivity contribution is 6.00. The Morgan fingerprint density at radius 1 is 1.26 bits per heavy atom. The molecular weight excluding hydrogens is 463 g/mol. The molecule has 1 aliphatic carbocycles. The smallest absolute Gasteiger partial charge is 0.393 e. The highest BCUT2D eigenvalue weighted by Crippen LogP contribution is 2.40. The molecule has 0 saturated heterocycles. The lowest BCUT2D eigenvalue weighted by Gasteiger charge is -2.41. The summed E-state index contributed by atoms with van der Waals surface area (Å²) in [7, 11) is 0. The summed E-state index contributed by atoms with van der Waals surface area (Å²) in [5, 5.41) is 16.9. The summed E-state index contributed by atoms with van der Waals surface area (Å²) in [6.07, 6.45) is -2.45. The Morgan fingerprint density at radius 3 is 2.49 bits per heavy atom. The fourth-order valence-corrected chi connectivity index (χ4v) is 5.18. The van der Waals surface area contributed by atoms with Crippen molar-refractivity contribution in [3.8, 4) is 5.69 Å². The lowest BCUT2D eigenvalue weighted by molar-refractivity contribution is -0.141. The van der Waals surface area contributed by atoms with Crippen LogP contribution in [0.5, 0.6) is 0 Å². The molecule has 190 valence electrons. The minimum absolute atomic E-state index is 0.0253. The van der Waals surface area contributed by atoms with E-state index >= 15 is 0 Å². The van der Waals surface area contributed by atoms with Gasteiger partial charge < -0.3 is 21.1 Å². The summed E-state index contributed by atoms with van der Waals surface area (Å²) in [5.41, 5.74) is 4.22. The van der Waals surface area contributed by atoms with Crippen LogP contribution in [0.25, 0.3) is 5.69 Å². The van der Waals surface area contributed by atoms with E-state index in [1.807, 2.05) is 13.8 Å². The Morgan fingerprint density at radius 2 is 1.91 bits per heavy atom. The SMILES string of the molecule is CCN1C(=O)c2c(C(F)(F)F)nn(-c3ccc(C(N)=O)c(NC4CCC(O)CC4)c3)c2CC1(C)C. The van der Waals surface area contributed by atoms with Gasteiger partial charge in [-0.05, 0) is 64.7 Å². The minimum Gasteiger partial charge on any atom is -0.393 e. The summed E-state index contributed by atoms with van der Waals surface area (Å²) in [5.74, 6) is -1.38. The van der Waals surface area contributed by atoms with Crippen molar-refractivity contribution >= 4 is 17.5 Å². The van der Waals surface area contributed by atoms with Gasteiger partial charge in [-0.3, -0.25) is 9.59 Å². The van der Waals surface area contributed by atoms with Crippen LogP contribution in [-0.2, 0) is 12.6 Å². The molecule has 2 aromatic rings. The predicted molar refractivity (Wildman–Crippen MR) is 123 cm³/mol. The molecule has 1 fully saturated rings. The number of carbonyl (C=O) groups is 2. The fraction of sp³-hybridized carbons (Fsp3) is 0.542. The molecule has 2 aliphatic rings. The number of alkyl halides is 3. The second-order valence-corrected chi connectivity index (χ2v) is 9.86.